The Hall–Kier alpha value is -0.730. The molecule has 1 heterocycles. The molecule has 0 radical (unpaired) electrons. The van der Waals surface area contributed by atoms with E-state index in [1.165, 1.54) is 0 Å². The van der Waals surface area contributed by atoms with Crippen LogP contribution in [-0.2, 0) is 0 Å². The summed E-state index contributed by atoms with van der Waals surface area (Å²) >= 11 is 6.10. The van der Waals surface area contributed by atoms with E-state index >= 15 is 0 Å². The fraction of sp³-hybridized carbons (Fsp3) is 0.538. The lowest BCUT2D eigenvalue weighted by molar-refractivity contribution is 0.238. The lowest BCUT2D eigenvalue weighted by atomic mass is 10.0. The molecule has 0 spiro atoms. The molecule has 3 heteroatoms. The maximum absolute atomic E-state index is 6.10. The van der Waals surface area contributed by atoms with Crippen LogP contribution in [0.2, 0.25) is 5.02 Å². The van der Waals surface area contributed by atoms with Gasteiger partial charge in [-0.25, -0.2) is 0 Å². The molecule has 0 saturated carbocycles. The fourth-order valence-electron chi connectivity index (χ4n) is 1.89. The van der Waals surface area contributed by atoms with Crippen LogP contribution in [0.25, 0.3) is 0 Å². The van der Waals surface area contributed by atoms with Gasteiger partial charge in [-0.05, 0) is 62.5 Å². The zero-order chi connectivity index (χ0) is 11.5. The Balaban J connectivity index is 1.88. The average Bonchev–Trinajstić information content (AvgIpc) is 2.18. The predicted octanol–water partition coefficient (Wildman–Crippen LogP) is 2.95. The average molecular weight is 240 g/mol. The molecule has 0 aliphatic carbocycles. The highest BCUT2D eigenvalue weighted by atomic mass is 35.5. The van der Waals surface area contributed by atoms with Crippen molar-refractivity contribution >= 4 is 11.6 Å². The van der Waals surface area contributed by atoms with Gasteiger partial charge in [-0.15, -0.1) is 0 Å². The quantitative estimate of drug-likeness (QED) is 0.873. The number of rotatable bonds is 4. The molecule has 0 unspecified atom stereocenters. The molecule has 1 fully saturated rings. The van der Waals surface area contributed by atoms with Crippen LogP contribution in [0.15, 0.2) is 12.1 Å². The molecule has 2 nitrogen and oxygen atoms in total. The molecule has 0 aromatic heterocycles. The number of halogens is 1. The van der Waals surface area contributed by atoms with Gasteiger partial charge in [0, 0.05) is 5.02 Å². The zero-order valence-electron chi connectivity index (χ0n) is 9.85. The normalized spacial score (nSPS) is 15.9. The van der Waals surface area contributed by atoms with E-state index in [4.69, 9.17) is 16.3 Å². The number of ether oxygens (including phenoxy) is 1. The Morgan fingerprint density at radius 1 is 1.31 bits per heavy atom. The Morgan fingerprint density at radius 3 is 2.44 bits per heavy atom. The molecule has 1 aromatic rings. The van der Waals surface area contributed by atoms with Gasteiger partial charge in [0.2, 0.25) is 0 Å². The van der Waals surface area contributed by atoms with Crippen molar-refractivity contribution < 1.29 is 4.74 Å². The van der Waals surface area contributed by atoms with Gasteiger partial charge in [-0.2, -0.15) is 0 Å². The lowest BCUT2D eigenvalue weighted by Gasteiger charge is -2.26. The molecule has 2 rings (SSSR count). The molecule has 1 aromatic carbocycles. The minimum absolute atomic E-state index is 0.798. The second-order valence-electron chi connectivity index (χ2n) is 4.53. The van der Waals surface area contributed by atoms with E-state index < -0.39 is 0 Å². The maximum atomic E-state index is 6.10. The molecule has 0 bridgehead atoms. The van der Waals surface area contributed by atoms with E-state index in [0.717, 1.165) is 53.9 Å². The minimum Gasteiger partial charge on any atom is -0.494 e. The highest BCUT2D eigenvalue weighted by Gasteiger charge is 2.16. The Kier molecular flexibility index (Phi) is 3.72. The van der Waals surface area contributed by atoms with Crippen molar-refractivity contribution in [1.29, 1.82) is 0 Å². The number of hydrogen-bond donors (Lipinski definition) is 1. The fourth-order valence-corrected chi connectivity index (χ4v) is 1.99. The third kappa shape index (κ3) is 2.69. The monoisotopic (exact) mass is 239 g/mol. The van der Waals surface area contributed by atoms with Crippen LogP contribution < -0.4 is 10.1 Å². The summed E-state index contributed by atoms with van der Waals surface area (Å²) in [4.78, 5) is 0. The Bertz CT molecular complexity index is 351. The third-order valence-corrected chi connectivity index (χ3v) is 3.67. The summed E-state index contributed by atoms with van der Waals surface area (Å²) in [5.74, 6) is 1.74. The molecular formula is C13H18ClNO. The number of nitrogens with one attached hydrogen (secondary N) is 1. The summed E-state index contributed by atoms with van der Waals surface area (Å²) in [6.07, 6.45) is 1.13. The van der Waals surface area contributed by atoms with Crippen LogP contribution in [0.1, 0.15) is 17.5 Å². The summed E-state index contributed by atoms with van der Waals surface area (Å²) in [5, 5.41) is 4.11. The van der Waals surface area contributed by atoms with Gasteiger partial charge < -0.3 is 10.1 Å². The highest BCUT2D eigenvalue weighted by molar-refractivity contribution is 6.32. The van der Waals surface area contributed by atoms with Crippen LogP contribution >= 0.6 is 11.6 Å². The van der Waals surface area contributed by atoms with Gasteiger partial charge in [0.25, 0.3) is 0 Å². The summed E-state index contributed by atoms with van der Waals surface area (Å²) in [6, 6.07) is 4.02. The first kappa shape index (κ1) is 11.7. The standard InChI is InChI=1S/C13H18ClNO/c1-9-5-12(6-10(2)13(9)14)16-4-3-11-7-15-8-11/h5-6,11,15H,3-4,7-8H2,1-2H3. The van der Waals surface area contributed by atoms with Crippen molar-refractivity contribution in [1.82, 2.24) is 5.32 Å². The van der Waals surface area contributed by atoms with Gasteiger partial charge in [0.15, 0.2) is 0 Å². The van der Waals surface area contributed by atoms with E-state index in [1.807, 2.05) is 26.0 Å². The number of benzene rings is 1. The van der Waals surface area contributed by atoms with Gasteiger partial charge in [-0.1, -0.05) is 11.6 Å². The van der Waals surface area contributed by atoms with Crippen LogP contribution in [0, 0.1) is 19.8 Å². The predicted molar refractivity (Wildman–Crippen MR) is 67.4 cm³/mol. The molecule has 1 saturated heterocycles. The van der Waals surface area contributed by atoms with Crippen molar-refractivity contribution in [3.8, 4) is 5.75 Å². The van der Waals surface area contributed by atoms with E-state index in [0.29, 0.717) is 0 Å². The van der Waals surface area contributed by atoms with E-state index in [9.17, 15) is 0 Å². The van der Waals surface area contributed by atoms with Crippen molar-refractivity contribution in [2.24, 2.45) is 5.92 Å². The minimum atomic E-state index is 0.798. The van der Waals surface area contributed by atoms with Crippen molar-refractivity contribution in [3.63, 3.8) is 0 Å². The van der Waals surface area contributed by atoms with Crippen LogP contribution in [0.4, 0.5) is 0 Å². The zero-order valence-corrected chi connectivity index (χ0v) is 10.6. The molecule has 0 amide bonds. The summed E-state index contributed by atoms with van der Waals surface area (Å²) in [6.45, 7) is 7.10. The molecule has 1 aliphatic rings. The highest BCUT2D eigenvalue weighted by Crippen LogP contribution is 2.26. The first-order chi connectivity index (χ1) is 7.66. The third-order valence-electron chi connectivity index (χ3n) is 3.07. The van der Waals surface area contributed by atoms with E-state index in [-0.39, 0.29) is 0 Å². The number of aryl methyl sites for hydroxylation is 2. The van der Waals surface area contributed by atoms with Crippen molar-refractivity contribution in [2.45, 2.75) is 20.3 Å². The lowest BCUT2D eigenvalue weighted by Crippen LogP contribution is -2.42. The van der Waals surface area contributed by atoms with E-state index in [2.05, 4.69) is 5.32 Å². The summed E-state index contributed by atoms with van der Waals surface area (Å²) < 4.78 is 5.74. The summed E-state index contributed by atoms with van der Waals surface area (Å²) in [5.41, 5.74) is 2.17. The van der Waals surface area contributed by atoms with Crippen molar-refractivity contribution in [3.05, 3.63) is 28.3 Å². The van der Waals surface area contributed by atoms with Gasteiger partial charge in [-0.3, -0.25) is 0 Å². The van der Waals surface area contributed by atoms with Crippen LogP contribution in [-0.4, -0.2) is 19.7 Å². The van der Waals surface area contributed by atoms with E-state index in [1.54, 1.807) is 0 Å². The van der Waals surface area contributed by atoms with Gasteiger partial charge >= 0.3 is 0 Å². The van der Waals surface area contributed by atoms with Gasteiger partial charge in [0.05, 0.1) is 6.61 Å². The first-order valence-corrected chi connectivity index (χ1v) is 6.15. The maximum Gasteiger partial charge on any atom is 0.119 e. The molecule has 0 atom stereocenters. The molecule has 16 heavy (non-hydrogen) atoms. The molecular weight excluding hydrogens is 222 g/mol. The Labute approximate surface area is 102 Å². The molecule has 88 valence electrons. The molecule has 1 aliphatic heterocycles. The SMILES string of the molecule is Cc1cc(OCCC2CNC2)cc(C)c1Cl. The topological polar surface area (TPSA) is 21.3 Å². The molecule has 1 N–H and O–H groups in total. The second kappa shape index (κ2) is 5.07. The van der Waals surface area contributed by atoms with Crippen LogP contribution in [0.5, 0.6) is 5.75 Å². The second-order valence-corrected chi connectivity index (χ2v) is 4.91. The number of hydrogen-bond acceptors (Lipinski definition) is 2. The smallest absolute Gasteiger partial charge is 0.119 e. The largest absolute Gasteiger partial charge is 0.494 e. The van der Waals surface area contributed by atoms with Crippen molar-refractivity contribution in [2.75, 3.05) is 19.7 Å². The summed E-state index contributed by atoms with van der Waals surface area (Å²) in [7, 11) is 0. The van der Waals surface area contributed by atoms with Crippen LogP contribution in [0.3, 0.4) is 0 Å². The Morgan fingerprint density at radius 2 is 1.94 bits per heavy atom. The van der Waals surface area contributed by atoms with Gasteiger partial charge in [0.1, 0.15) is 5.75 Å². The first-order valence-electron chi connectivity index (χ1n) is 5.77.